The fourth-order valence-electron chi connectivity index (χ4n) is 3.18. The first kappa shape index (κ1) is 21.5. The van der Waals surface area contributed by atoms with Crippen molar-refractivity contribution < 1.29 is 36.9 Å². The van der Waals surface area contributed by atoms with Crippen molar-refractivity contribution in [2.45, 2.75) is 44.2 Å². The van der Waals surface area contributed by atoms with Gasteiger partial charge in [0.15, 0.2) is 11.6 Å². The monoisotopic (exact) mass is 428 g/mol. The third-order valence-corrected chi connectivity index (χ3v) is 4.56. The SMILES string of the molecule is O=C(Nc1ccc(OC(F)(F)F)c(F)c1)NC1CCC(Oc2ccc(O)cc2)CC1. The molecular weight excluding hydrogens is 408 g/mol. The molecule has 2 aromatic rings. The van der Waals surface area contributed by atoms with Gasteiger partial charge in [0.05, 0.1) is 6.10 Å². The van der Waals surface area contributed by atoms with Gasteiger partial charge in [-0.15, -0.1) is 13.2 Å². The summed E-state index contributed by atoms with van der Waals surface area (Å²) < 4.78 is 59.6. The minimum Gasteiger partial charge on any atom is -0.508 e. The van der Waals surface area contributed by atoms with E-state index in [0.717, 1.165) is 18.2 Å². The second kappa shape index (κ2) is 9.10. The number of anilines is 1. The summed E-state index contributed by atoms with van der Waals surface area (Å²) in [6.07, 6.45) is -2.25. The molecule has 0 radical (unpaired) electrons. The molecule has 1 fully saturated rings. The zero-order valence-corrected chi connectivity index (χ0v) is 15.7. The minimum absolute atomic E-state index is 0.00359. The average Bonchev–Trinajstić information content (AvgIpc) is 2.66. The summed E-state index contributed by atoms with van der Waals surface area (Å²) in [5, 5.41) is 14.4. The Labute approximate surface area is 169 Å². The number of amides is 2. The first-order valence-electron chi connectivity index (χ1n) is 9.26. The Morgan fingerprint density at radius 1 is 1.03 bits per heavy atom. The molecular formula is C20H20F4N2O4. The Bertz CT molecular complexity index is 866. The molecule has 0 aliphatic heterocycles. The lowest BCUT2D eigenvalue weighted by molar-refractivity contribution is -0.275. The van der Waals surface area contributed by atoms with Crippen LogP contribution in [0.15, 0.2) is 42.5 Å². The molecule has 2 amide bonds. The maximum Gasteiger partial charge on any atom is 0.573 e. The smallest absolute Gasteiger partial charge is 0.508 e. The van der Waals surface area contributed by atoms with Gasteiger partial charge in [0.25, 0.3) is 0 Å². The second-order valence-electron chi connectivity index (χ2n) is 6.88. The summed E-state index contributed by atoms with van der Waals surface area (Å²) in [4.78, 5) is 12.1. The average molecular weight is 428 g/mol. The number of hydrogen-bond donors (Lipinski definition) is 3. The first-order valence-corrected chi connectivity index (χ1v) is 9.26. The summed E-state index contributed by atoms with van der Waals surface area (Å²) in [6.45, 7) is 0. The standard InChI is InChI=1S/C20H20F4N2O4/c21-17-11-13(3-10-18(17)30-20(22,23)24)26-19(28)25-12-1-6-15(7-2-12)29-16-8-4-14(27)5-9-16/h3-5,8-12,15,27H,1-2,6-7H2,(H2,25,26,28). The highest BCUT2D eigenvalue weighted by Crippen LogP contribution is 2.28. The quantitative estimate of drug-likeness (QED) is 0.590. The van der Waals surface area contributed by atoms with E-state index >= 15 is 0 Å². The number of carbonyl (C=O) groups is 1. The number of urea groups is 1. The Hall–Kier alpha value is -3.17. The maximum absolute atomic E-state index is 13.7. The van der Waals surface area contributed by atoms with Crippen molar-refractivity contribution in [2.24, 2.45) is 0 Å². The van der Waals surface area contributed by atoms with E-state index in [0.29, 0.717) is 31.4 Å². The van der Waals surface area contributed by atoms with Crippen LogP contribution in [-0.4, -0.2) is 29.6 Å². The summed E-state index contributed by atoms with van der Waals surface area (Å²) in [5.74, 6) is -1.40. The molecule has 0 aromatic heterocycles. The topological polar surface area (TPSA) is 79.8 Å². The van der Waals surface area contributed by atoms with Gasteiger partial charge in [-0.1, -0.05) is 0 Å². The molecule has 2 aromatic carbocycles. The molecule has 3 rings (SSSR count). The molecule has 1 aliphatic carbocycles. The first-order chi connectivity index (χ1) is 14.2. The number of phenols is 1. The summed E-state index contributed by atoms with van der Waals surface area (Å²) in [6, 6.07) is 8.41. The van der Waals surface area contributed by atoms with Gasteiger partial charge < -0.3 is 25.2 Å². The van der Waals surface area contributed by atoms with Crippen LogP contribution in [0.3, 0.4) is 0 Å². The molecule has 0 spiro atoms. The summed E-state index contributed by atoms with van der Waals surface area (Å²) in [5.41, 5.74) is 0.00359. The van der Waals surface area contributed by atoms with Crippen LogP contribution in [0.2, 0.25) is 0 Å². The van der Waals surface area contributed by atoms with Crippen molar-refractivity contribution in [3.8, 4) is 17.2 Å². The molecule has 162 valence electrons. The highest BCUT2D eigenvalue weighted by molar-refractivity contribution is 5.89. The van der Waals surface area contributed by atoms with Crippen molar-refractivity contribution in [1.29, 1.82) is 0 Å². The number of carbonyl (C=O) groups excluding carboxylic acids is 1. The fourth-order valence-corrected chi connectivity index (χ4v) is 3.18. The number of aromatic hydroxyl groups is 1. The van der Waals surface area contributed by atoms with Crippen molar-refractivity contribution in [3.63, 3.8) is 0 Å². The lowest BCUT2D eigenvalue weighted by atomic mass is 9.93. The van der Waals surface area contributed by atoms with Gasteiger partial charge in [0, 0.05) is 17.8 Å². The zero-order valence-electron chi connectivity index (χ0n) is 15.7. The van der Waals surface area contributed by atoms with E-state index in [9.17, 15) is 27.5 Å². The van der Waals surface area contributed by atoms with E-state index in [2.05, 4.69) is 15.4 Å². The Kier molecular flexibility index (Phi) is 6.53. The Morgan fingerprint density at radius 2 is 1.70 bits per heavy atom. The van der Waals surface area contributed by atoms with Crippen molar-refractivity contribution in [3.05, 3.63) is 48.3 Å². The number of phenolic OH excluding ortho intramolecular Hbond substituents is 1. The molecule has 30 heavy (non-hydrogen) atoms. The number of benzene rings is 2. The van der Waals surface area contributed by atoms with Crippen molar-refractivity contribution >= 4 is 11.7 Å². The number of nitrogens with one attached hydrogen (secondary N) is 2. The predicted molar refractivity (Wildman–Crippen MR) is 100 cm³/mol. The second-order valence-corrected chi connectivity index (χ2v) is 6.88. The molecule has 0 saturated heterocycles. The largest absolute Gasteiger partial charge is 0.573 e. The van der Waals surface area contributed by atoms with Gasteiger partial charge in [-0.05, 0) is 62.1 Å². The van der Waals surface area contributed by atoms with E-state index in [1.807, 2.05) is 0 Å². The van der Waals surface area contributed by atoms with E-state index in [4.69, 9.17) is 4.74 Å². The lowest BCUT2D eigenvalue weighted by Crippen LogP contribution is -2.41. The third kappa shape index (κ3) is 6.43. The number of alkyl halides is 3. The van der Waals surface area contributed by atoms with Crippen LogP contribution in [0.5, 0.6) is 17.2 Å². The van der Waals surface area contributed by atoms with Crippen LogP contribution < -0.4 is 20.1 Å². The zero-order chi connectivity index (χ0) is 21.7. The van der Waals surface area contributed by atoms with E-state index in [1.165, 1.54) is 12.1 Å². The summed E-state index contributed by atoms with van der Waals surface area (Å²) >= 11 is 0. The number of rotatable bonds is 5. The number of ether oxygens (including phenoxy) is 2. The van der Waals surface area contributed by atoms with Gasteiger partial charge >= 0.3 is 12.4 Å². The van der Waals surface area contributed by atoms with Crippen LogP contribution >= 0.6 is 0 Å². The highest BCUT2D eigenvalue weighted by atomic mass is 19.4. The lowest BCUT2D eigenvalue weighted by Gasteiger charge is -2.29. The van der Waals surface area contributed by atoms with E-state index < -0.39 is 24.0 Å². The van der Waals surface area contributed by atoms with Gasteiger partial charge in [0.1, 0.15) is 11.5 Å². The van der Waals surface area contributed by atoms with E-state index in [-0.39, 0.29) is 23.6 Å². The fraction of sp³-hybridized carbons (Fsp3) is 0.350. The van der Waals surface area contributed by atoms with Gasteiger partial charge in [-0.2, -0.15) is 0 Å². The Morgan fingerprint density at radius 3 is 2.30 bits per heavy atom. The summed E-state index contributed by atoms with van der Waals surface area (Å²) in [7, 11) is 0. The molecule has 0 atom stereocenters. The van der Waals surface area contributed by atoms with Gasteiger partial charge in [0.2, 0.25) is 0 Å². The van der Waals surface area contributed by atoms with Crippen molar-refractivity contribution in [1.82, 2.24) is 5.32 Å². The van der Waals surface area contributed by atoms with Crippen LogP contribution in [-0.2, 0) is 0 Å². The van der Waals surface area contributed by atoms with Crippen LogP contribution in [0.4, 0.5) is 28.0 Å². The molecule has 10 heteroatoms. The van der Waals surface area contributed by atoms with Gasteiger partial charge in [-0.3, -0.25) is 0 Å². The van der Waals surface area contributed by atoms with E-state index in [1.54, 1.807) is 12.1 Å². The predicted octanol–water partition coefficient (Wildman–Crippen LogP) is 4.94. The molecule has 1 saturated carbocycles. The molecule has 3 N–H and O–H groups in total. The van der Waals surface area contributed by atoms with Crippen molar-refractivity contribution in [2.75, 3.05) is 5.32 Å². The maximum atomic E-state index is 13.7. The molecule has 0 unspecified atom stereocenters. The Balaban J connectivity index is 1.44. The van der Waals surface area contributed by atoms with Crippen LogP contribution in [0.25, 0.3) is 0 Å². The molecule has 0 bridgehead atoms. The number of halogens is 4. The molecule has 6 nitrogen and oxygen atoms in total. The third-order valence-electron chi connectivity index (χ3n) is 4.56. The van der Waals surface area contributed by atoms with Crippen LogP contribution in [0.1, 0.15) is 25.7 Å². The van der Waals surface area contributed by atoms with Crippen LogP contribution in [0, 0.1) is 5.82 Å². The van der Waals surface area contributed by atoms with Gasteiger partial charge in [-0.25, -0.2) is 9.18 Å². The number of hydrogen-bond acceptors (Lipinski definition) is 4. The molecule has 1 aliphatic rings. The minimum atomic E-state index is -5.00. The highest BCUT2D eigenvalue weighted by Gasteiger charge is 2.32. The normalized spacial score (nSPS) is 19.1. The molecule has 0 heterocycles.